The molecule has 0 fully saturated rings. The van der Waals surface area contributed by atoms with Gasteiger partial charge in [-0.15, -0.1) is 0 Å². The molecule has 0 aliphatic rings. The molecule has 0 saturated heterocycles. The van der Waals surface area contributed by atoms with Gasteiger partial charge in [0.25, 0.3) is 0 Å². The highest BCUT2D eigenvalue weighted by Crippen LogP contribution is 2.32. The van der Waals surface area contributed by atoms with Crippen LogP contribution in [0.25, 0.3) is 11.3 Å². The molecular formula is C16H20N2O2. The van der Waals surface area contributed by atoms with Gasteiger partial charge in [-0.25, -0.2) is 4.98 Å². The molecule has 0 aliphatic heterocycles. The zero-order valence-corrected chi connectivity index (χ0v) is 12.6. The van der Waals surface area contributed by atoms with Crippen molar-refractivity contribution >= 4 is 5.97 Å². The zero-order valence-electron chi connectivity index (χ0n) is 12.6. The molecule has 1 heterocycles. The lowest BCUT2D eigenvalue weighted by atomic mass is 9.91. The molecule has 1 aromatic carbocycles. The molecule has 106 valence electrons. The summed E-state index contributed by atoms with van der Waals surface area (Å²) in [4.78, 5) is 18.6. The smallest absolute Gasteiger partial charge is 0.309 e. The number of aliphatic carboxylic acids is 1. The fourth-order valence-electron chi connectivity index (χ4n) is 2.60. The van der Waals surface area contributed by atoms with Crippen molar-refractivity contribution in [1.82, 2.24) is 9.97 Å². The Morgan fingerprint density at radius 1 is 1.15 bits per heavy atom. The number of nitrogens with zero attached hydrogens (tertiary/aromatic N) is 1. The Hall–Kier alpha value is -2.10. The summed E-state index contributed by atoms with van der Waals surface area (Å²) >= 11 is 0. The lowest BCUT2D eigenvalue weighted by Gasteiger charge is -2.14. The van der Waals surface area contributed by atoms with Crippen LogP contribution in [0.4, 0.5) is 0 Å². The van der Waals surface area contributed by atoms with Gasteiger partial charge in [0.1, 0.15) is 5.82 Å². The van der Waals surface area contributed by atoms with E-state index >= 15 is 0 Å². The molecular weight excluding hydrogens is 252 g/mol. The van der Waals surface area contributed by atoms with E-state index in [1.165, 1.54) is 11.1 Å². The molecule has 0 amide bonds. The third kappa shape index (κ3) is 2.46. The number of hydrogen-bond donors (Lipinski definition) is 2. The molecule has 20 heavy (non-hydrogen) atoms. The average Bonchev–Trinajstić information content (AvgIpc) is 2.67. The Kier molecular flexibility index (Phi) is 3.66. The third-order valence-corrected chi connectivity index (χ3v) is 3.83. The molecule has 0 unspecified atom stereocenters. The first kappa shape index (κ1) is 14.3. The number of imidazole rings is 1. The largest absolute Gasteiger partial charge is 0.481 e. The van der Waals surface area contributed by atoms with Crippen molar-refractivity contribution in [2.45, 2.75) is 41.0 Å². The minimum Gasteiger partial charge on any atom is -0.481 e. The van der Waals surface area contributed by atoms with Crippen molar-refractivity contribution in [2.75, 3.05) is 0 Å². The summed E-state index contributed by atoms with van der Waals surface area (Å²) in [5.74, 6) is -0.108. The van der Waals surface area contributed by atoms with Crippen molar-refractivity contribution in [1.29, 1.82) is 0 Å². The van der Waals surface area contributed by atoms with Gasteiger partial charge in [-0.05, 0) is 56.9 Å². The summed E-state index contributed by atoms with van der Waals surface area (Å²) in [5, 5.41) is 9.05. The van der Waals surface area contributed by atoms with Gasteiger partial charge < -0.3 is 10.1 Å². The number of carbonyl (C=O) groups is 1. The van der Waals surface area contributed by atoms with Crippen LogP contribution in [0.2, 0.25) is 0 Å². The molecule has 4 heteroatoms. The van der Waals surface area contributed by atoms with E-state index in [1.54, 1.807) is 0 Å². The van der Waals surface area contributed by atoms with E-state index in [4.69, 9.17) is 5.11 Å². The number of aryl methyl sites for hydroxylation is 3. The molecule has 0 saturated carbocycles. The van der Waals surface area contributed by atoms with Gasteiger partial charge in [0.2, 0.25) is 0 Å². The normalized spacial score (nSPS) is 10.8. The second kappa shape index (κ2) is 5.12. The zero-order chi connectivity index (χ0) is 15.0. The van der Waals surface area contributed by atoms with E-state index in [9.17, 15) is 4.79 Å². The van der Waals surface area contributed by atoms with Crippen LogP contribution in [-0.2, 0) is 11.2 Å². The Morgan fingerprint density at radius 2 is 1.70 bits per heavy atom. The third-order valence-electron chi connectivity index (χ3n) is 3.83. The van der Waals surface area contributed by atoms with Crippen molar-refractivity contribution in [3.8, 4) is 11.3 Å². The Labute approximate surface area is 118 Å². The monoisotopic (exact) mass is 272 g/mol. The van der Waals surface area contributed by atoms with Crippen LogP contribution < -0.4 is 0 Å². The van der Waals surface area contributed by atoms with Crippen molar-refractivity contribution in [3.05, 3.63) is 39.8 Å². The van der Waals surface area contributed by atoms with E-state index in [0.717, 1.165) is 28.2 Å². The number of aromatic nitrogens is 2. The van der Waals surface area contributed by atoms with Gasteiger partial charge in [-0.3, -0.25) is 4.79 Å². The van der Waals surface area contributed by atoms with Crippen LogP contribution in [0.15, 0.2) is 6.07 Å². The standard InChI is InChI=1S/C16H20N2O2/c1-8-6-9(2)11(4)15(10(8)3)16-13(7-14(19)20)17-12(5)18-16/h6H,7H2,1-5H3,(H,17,18)(H,19,20). The van der Waals surface area contributed by atoms with Crippen LogP contribution in [0, 0.1) is 34.6 Å². The van der Waals surface area contributed by atoms with Crippen LogP contribution in [0.1, 0.15) is 33.8 Å². The fraction of sp³-hybridized carbons (Fsp3) is 0.375. The van der Waals surface area contributed by atoms with Gasteiger partial charge in [0.05, 0.1) is 17.8 Å². The maximum atomic E-state index is 11.0. The average molecular weight is 272 g/mol. The maximum Gasteiger partial charge on any atom is 0.309 e. The van der Waals surface area contributed by atoms with Gasteiger partial charge in [-0.2, -0.15) is 0 Å². The van der Waals surface area contributed by atoms with Gasteiger partial charge in [0.15, 0.2) is 0 Å². The SMILES string of the molecule is Cc1nc(-c2c(C)c(C)cc(C)c2C)c(CC(=O)O)[nH]1. The number of benzene rings is 1. The Balaban J connectivity index is 2.71. The summed E-state index contributed by atoms with van der Waals surface area (Å²) in [7, 11) is 0. The first-order valence-corrected chi connectivity index (χ1v) is 6.66. The summed E-state index contributed by atoms with van der Waals surface area (Å²) < 4.78 is 0. The number of nitrogens with one attached hydrogen (secondary N) is 1. The van der Waals surface area contributed by atoms with Crippen molar-refractivity contribution in [2.24, 2.45) is 0 Å². The van der Waals surface area contributed by atoms with Crippen molar-refractivity contribution < 1.29 is 9.90 Å². The predicted molar refractivity (Wildman–Crippen MR) is 79.0 cm³/mol. The van der Waals surface area contributed by atoms with Crippen LogP contribution >= 0.6 is 0 Å². The highest BCUT2D eigenvalue weighted by atomic mass is 16.4. The highest BCUT2D eigenvalue weighted by Gasteiger charge is 2.18. The van der Waals surface area contributed by atoms with E-state index in [2.05, 4.69) is 43.7 Å². The number of H-pyrrole nitrogens is 1. The van der Waals surface area contributed by atoms with E-state index in [0.29, 0.717) is 5.69 Å². The molecule has 2 aromatic rings. The molecule has 4 nitrogen and oxygen atoms in total. The minimum absolute atomic E-state index is 0.0396. The highest BCUT2D eigenvalue weighted by molar-refractivity contribution is 5.77. The quantitative estimate of drug-likeness (QED) is 0.901. The van der Waals surface area contributed by atoms with Crippen molar-refractivity contribution in [3.63, 3.8) is 0 Å². The number of carboxylic acid groups (broad SMARTS) is 1. The summed E-state index contributed by atoms with van der Waals surface area (Å²) in [6.45, 7) is 10.1. The number of rotatable bonds is 3. The molecule has 0 spiro atoms. The lowest BCUT2D eigenvalue weighted by Crippen LogP contribution is -2.04. The first-order chi connectivity index (χ1) is 9.31. The second-order valence-corrected chi connectivity index (χ2v) is 5.36. The minimum atomic E-state index is -0.852. The fourth-order valence-corrected chi connectivity index (χ4v) is 2.60. The molecule has 0 aliphatic carbocycles. The topological polar surface area (TPSA) is 66.0 Å². The summed E-state index contributed by atoms with van der Waals surface area (Å²) in [6.07, 6.45) is -0.0396. The number of hydrogen-bond acceptors (Lipinski definition) is 2. The van der Waals surface area contributed by atoms with Crippen LogP contribution in [-0.4, -0.2) is 21.0 Å². The summed E-state index contributed by atoms with van der Waals surface area (Å²) in [5.41, 5.74) is 7.22. The van der Waals surface area contributed by atoms with Gasteiger partial charge >= 0.3 is 5.97 Å². The lowest BCUT2D eigenvalue weighted by molar-refractivity contribution is -0.136. The molecule has 0 radical (unpaired) electrons. The Morgan fingerprint density at radius 3 is 2.20 bits per heavy atom. The molecule has 1 aromatic heterocycles. The predicted octanol–water partition coefficient (Wildman–Crippen LogP) is 3.25. The maximum absolute atomic E-state index is 11.0. The van der Waals surface area contributed by atoms with Gasteiger partial charge in [0, 0.05) is 5.56 Å². The van der Waals surface area contributed by atoms with E-state index in [1.807, 2.05) is 6.92 Å². The number of carboxylic acids is 1. The second-order valence-electron chi connectivity index (χ2n) is 5.36. The Bertz CT molecular complexity index is 658. The number of aromatic amines is 1. The first-order valence-electron chi connectivity index (χ1n) is 6.66. The molecule has 0 bridgehead atoms. The van der Waals surface area contributed by atoms with Gasteiger partial charge in [-0.1, -0.05) is 6.07 Å². The van der Waals surface area contributed by atoms with Crippen LogP contribution in [0.3, 0.4) is 0 Å². The van der Waals surface area contributed by atoms with E-state index < -0.39 is 5.97 Å². The summed E-state index contributed by atoms with van der Waals surface area (Å²) in [6, 6.07) is 2.16. The molecule has 2 N–H and O–H groups in total. The molecule has 0 atom stereocenters. The van der Waals surface area contributed by atoms with E-state index in [-0.39, 0.29) is 6.42 Å². The van der Waals surface area contributed by atoms with Crippen LogP contribution in [0.5, 0.6) is 0 Å². The molecule has 2 rings (SSSR count).